The molecular formula is C24H27ClO3. The van der Waals surface area contributed by atoms with E-state index < -0.39 is 0 Å². The summed E-state index contributed by atoms with van der Waals surface area (Å²) in [6, 6.07) is 14.1. The SMILES string of the molecule is CCOC(=O)C1CCCCC1C(=O)Cc1c(C)cc(-c2ccccc2)cc1Cl. The number of hydrogen-bond acceptors (Lipinski definition) is 3. The minimum Gasteiger partial charge on any atom is -0.466 e. The highest BCUT2D eigenvalue weighted by molar-refractivity contribution is 6.32. The standard InChI is InChI=1S/C24H27ClO3/c1-3-28-24(27)20-12-8-7-11-19(20)23(26)15-21-16(2)13-18(14-22(21)25)17-9-5-4-6-10-17/h4-6,9-10,13-14,19-20H,3,7-8,11-12,15H2,1-2H3. The highest BCUT2D eigenvalue weighted by Crippen LogP contribution is 2.34. The lowest BCUT2D eigenvalue weighted by atomic mass is 9.75. The van der Waals surface area contributed by atoms with Gasteiger partial charge in [0.1, 0.15) is 5.78 Å². The van der Waals surface area contributed by atoms with Gasteiger partial charge in [0, 0.05) is 17.4 Å². The minimum absolute atomic E-state index is 0.0928. The van der Waals surface area contributed by atoms with Crippen LogP contribution in [0.1, 0.15) is 43.7 Å². The Kier molecular flexibility index (Phi) is 6.90. The molecule has 1 saturated carbocycles. The Hall–Kier alpha value is -2.13. The van der Waals surface area contributed by atoms with Gasteiger partial charge >= 0.3 is 5.97 Å². The number of carbonyl (C=O) groups excluding carboxylic acids is 2. The fourth-order valence-electron chi connectivity index (χ4n) is 4.15. The van der Waals surface area contributed by atoms with E-state index in [1.807, 2.05) is 43.3 Å². The molecule has 1 aliphatic rings. The average Bonchev–Trinajstić information content (AvgIpc) is 2.71. The maximum absolute atomic E-state index is 13.1. The van der Waals surface area contributed by atoms with E-state index in [0.717, 1.165) is 47.9 Å². The normalized spacial score (nSPS) is 19.2. The molecule has 0 saturated heterocycles. The Morgan fingerprint density at radius 1 is 1.04 bits per heavy atom. The van der Waals surface area contributed by atoms with Gasteiger partial charge in [0.05, 0.1) is 12.5 Å². The van der Waals surface area contributed by atoms with Gasteiger partial charge in [-0.25, -0.2) is 0 Å². The molecule has 0 aliphatic heterocycles. The second kappa shape index (κ2) is 9.38. The van der Waals surface area contributed by atoms with Crippen molar-refractivity contribution in [3.05, 3.63) is 58.6 Å². The van der Waals surface area contributed by atoms with Crippen LogP contribution >= 0.6 is 11.6 Å². The van der Waals surface area contributed by atoms with Gasteiger partial charge in [0.25, 0.3) is 0 Å². The van der Waals surface area contributed by atoms with E-state index in [1.165, 1.54) is 0 Å². The third-order valence-electron chi connectivity index (χ3n) is 5.65. The molecule has 2 atom stereocenters. The monoisotopic (exact) mass is 398 g/mol. The molecule has 0 radical (unpaired) electrons. The zero-order valence-electron chi connectivity index (χ0n) is 16.5. The van der Waals surface area contributed by atoms with Crippen molar-refractivity contribution >= 4 is 23.4 Å². The minimum atomic E-state index is -0.316. The summed E-state index contributed by atoms with van der Waals surface area (Å²) in [6.07, 6.45) is 3.70. The molecule has 0 aromatic heterocycles. The number of ether oxygens (including phenoxy) is 1. The van der Waals surface area contributed by atoms with Gasteiger partial charge < -0.3 is 4.74 Å². The molecule has 28 heavy (non-hydrogen) atoms. The highest BCUT2D eigenvalue weighted by Gasteiger charge is 2.36. The Balaban J connectivity index is 1.80. The van der Waals surface area contributed by atoms with Gasteiger partial charge in [-0.15, -0.1) is 0 Å². The zero-order chi connectivity index (χ0) is 20.1. The molecule has 2 aromatic carbocycles. The van der Waals surface area contributed by atoms with Crippen LogP contribution in [0, 0.1) is 18.8 Å². The summed E-state index contributed by atoms with van der Waals surface area (Å²) in [5.41, 5.74) is 4.00. The number of aryl methyl sites for hydroxylation is 1. The number of rotatable bonds is 6. The summed E-state index contributed by atoms with van der Waals surface area (Å²) in [7, 11) is 0. The van der Waals surface area contributed by atoms with E-state index in [0.29, 0.717) is 11.6 Å². The summed E-state index contributed by atoms with van der Waals surface area (Å²) >= 11 is 6.57. The van der Waals surface area contributed by atoms with Crippen LogP contribution in [-0.4, -0.2) is 18.4 Å². The summed E-state index contributed by atoms with van der Waals surface area (Å²) in [4.78, 5) is 25.4. The molecule has 3 nitrogen and oxygen atoms in total. The topological polar surface area (TPSA) is 43.4 Å². The van der Waals surface area contributed by atoms with Crippen LogP contribution in [0.2, 0.25) is 5.02 Å². The van der Waals surface area contributed by atoms with Crippen molar-refractivity contribution in [2.75, 3.05) is 6.61 Å². The van der Waals surface area contributed by atoms with Crippen LogP contribution in [-0.2, 0) is 20.7 Å². The predicted molar refractivity (Wildman–Crippen MR) is 112 cm³/mol. The number of carbonyl (C=O) groups is 2. The van der Waals surface area contributed by atoms with E-state index >= 15 is 0 Å². The molecule has 0 amide bonds. The first kappa shape index (κ1) is 20.6. The third kappa shape index (κ3) is 4.64. The second-order valence-corrected chi connectivity index (χ2v) is 7.92. The lowest BCUT2D eigenvalue weighted by molar-refractivity contribution is -0.153. The molecule has 4 heteroatoms. The quantitative estimate of drug-likeness (QED) is 0.578. The number of hydrogen-bond donors (Lipinski definition) is 0. The highest BCUT2D eigenvalue weighted by atomic mass is 35.5. The first-order chi connectivity index (χ1) is 13.5. The molecule has 1 fully saturated rings. The Bertz CT molecular complexity index is 821. The fourth-order valence-corrected chi connectivity index (χ4v) is 4.48. The number of halogens is 1. The first-order valence-corrected chi connectivity index (χ1v) is 10.4. The van der Waals surface area contributed by atoms with Crippen LogP contribution in [0.5, 0.6) is 0 Å². The molecule has 0 bridgehead atoms. The van der Waals surface area contributed by atoms with Crippen molar-refractivity contribution in [1.82, 2.24) is 0 Å². The molecule has 2 aromatic rings. The van der Waals surface area contributed by atoms with E-state index in [4.69, 9.17) is 16.3 Å². The fraction of sp³-hybridized carbons (Fsp3) is 0.417. The summed E-state index contributed by atoms with van der Waals surface area (Å²) in [5, 5.41) is 0.607. The van der Waals surface area contributed by atoms with Crippen LogP contribution in [0.4, 0.5) is 0 Å². The Morgan fingerprint density at radius 2 is 1.71 bits per heavy atom. The third-order valence-corrected chi connectivity index (χ3v) is 5.98. The Labute approximate surface area is 172 Å². The van der Waals surface area contributed by atoms with Crippen LogP contribution in [0.15, 0.2) is 42.5 Å². The molecular weight excluding hydrogens is 372 g/mol. The average molecular weight is 399 g/mol. The van der Waals surface area contributed by atoms with Crippen LogP contribution < -0.4 is 0 Å². The maximum Gasteiger partial charge on any atom is 0.309 e. The van der Waals surface area contributed by atoms with E-state index in [1.54, 1.807) is 6.92 Å². The van der Waals surface area contributed by atoms with Crippen molar-refractivity contribution in [3.63, 3.8) is 0 Å². The predicted octanol–water partition coefficient (Wildman–Crippen LogP) is 5.80. The van der Waals surface area contributed by atoms with Crippen molar-refractivity contribution in [3.8, 4) is 11.1 Å². The molecule has 3 rings (SSSR count). The smallest absolute Gasteiger partial charge is 0.309 e. The van der Waals surface area contributed by atoms with Gasteiger partial charge in [0.15, 0.2) is 0 Å². The number of esters is 1. The number of Topliss-reactive ketones (excluding diaryl/α,β-unsaturated/α-hetero) is 1. The summed E-state index contributed by atoms with van der Waals surface area (Å²) in [5.74, 6) is -0.723. The Morgan fingerprint density at radius 3 is 2.36 bits per heavy atom. The second-order valence-electron chi connectivity index (χ2n) is 7.51. The van der Waals surface area contributed by atoms with Crippen molar-refractivity contribution in [2.24, 2.45) is 11.8 Å². The van der Waals surface area contributed by atoms with Gasteiger partial charge in [0.2, 0.25) is 0 Å². The zero-order valence-corrected chi connectivity index (χ0v) is 17.3. The van der Waals surface area contributed by atoms with Crippen molar-refractivity contribution < 1.29 is 14.3 Å². The molecule has 0 spiro atoms. The van der Waals surface area contributed by atoms with Gasteiger partial charge in [-0.2, -0.15) is 0 Å². The lowest BCUT2D eigenvalue weighted by Gasteiger charge is -2.29. The van der Waals surface area contributed by atoms with E-state index in [9.17, 15) is 9.59 Å². The molecule has 148 valence electrons. The van der Waals surface area contributed by atoms with Gasteiger partial charge in [-0.3, -0.25) is 9.59 Å². The van der Waals surface area contributed by atoms with Crippen LogP contribution in [0.3, 0.4) is 0 Å². The maximum atomic E-state index is 13.1. The van der Waals surface area contributed by atoms with Gasteiger partial charge in [-0.05, 0) is 55.0 Å². The summed E-state index contributed by atoms with van der Waals surface area (Å²) < 4.78 is 5.21. The number of ketones is 1. The largest absolute Gasteiger partial charge is 0.466 e. The lowest BCUT2D eigenvalue weighted by Crippen LogP contribution is -2.34. The molecule has 2 unspecified atom stereocenters. The van der Waals surface area contributed by atoms with Gasteiger partial charge in [-0.1, -0.05) is 60.8 Å². The van der Waals surface area contributed by atoms with Crippen molar-refractivity contribution in [1.29, 1.82) is 0 Å². The number of benzene rings is 2. The van der Waals surface area contributed by atoms with E-state index in [2.05, 4.69) is 6.07 Å². The van der Waals surface area contributed by atoms with Crippen LogP contribution in [0.25, 0.3) is 11.1 Å². The molecule has 1 aliphatic carbocycles. The summed E-state index contributed by atoms with van der Waals surface area (Å²) in [6.45, 7) is 4.14. The van der Waals surface area contributed by atoms with Crippen molar-refractivity contribution in [2.45, 2.75) is 46.0 Å². The molecule has 0 N–H and O–H groups in total. The van der Waals surface area contributed by atoms with E-state index in [-0.39, 0.29) is 30.0 Å². The first-order valence-electron chi connectivity index (χ1n) is 10.0. The molecule has 0 heterocycles.